The molecule has 1 rings (SSSR count). The van der Waals surface area contributed by atoms with Crippen LogP contribution in [0.1, 0.15) is 12.7 Å². The van der Waals surface area contributed by atoms with Gasteiger partial charge in [0.25, 0.3) is 0 Å². The number of nitrogens with zero attached hydrogens (tertiary/aromatic N) is 1. The van der Waals surface area contributed by atoms with Crippen molar-refractivity contribution < 1.29 is 27.3 Å². The van der Waals surface area contributed by atoms with Crippen molar-refractivity contribution in [2.75, 3.05) is 11.9 Å². The van der Waals surface area contributed by atoms with E-state index < -0.39 is 30.7 Å². The van der Waals surface area contributed by atoms with E-state index in [4.69, 9.17) is 4.52 Å². The van der Waals surface area contributed by atoms with Gasteiger partial charge in [-0.25, -0.2) is 4.79 Å². The average Bonchev–Trinajstić information content (AvgIpc) is 2.70. The minimum Gasteiger partial charge on any atom is -0.360 e. The van der Waals surface area contributed by atoms with E-state index in [1.54, 1.807) is 12.2 Å². The molecule has 7 nitrogen and oxygen atoms in total. The van der Waals surface area contributed by atoms with Crippen LogP contribution < -0.4 is 16.0 Å². The van der Waals surface area contributed by atoms with E-state index in [9.17, 15) is 22.8 Å². The quantitative estimate of drug-likeness (QED) is 0.776. The van der Waals surface area contributed by atoms with Crippen LogP contribution in [0.2, 0.25) is 0 Å². The number of urea groups is 1. The first-order valence-corrected chi connectivity index (χ1v) is 5.52. The molecule has 0 radical (unpaired) electrons. The van der Waals surface area contributed by atoms with E-state index in [0.29, 0.717) is 5.76 Å². The Labute approximate surface area is 111 Å². The van der Waals surface area contributed by atoms with Crippen LogP contribution in [0, 0.1) is 6.92 Å². The Bertz CT molecular complexity index is 486. The second-order valence-corrected chi connectivity index (χ2v) is 3.98. The van der Waals surface area contributed by atoms with Crippen LogP contribution >= 0.6 is 0 Å². The van der Waals surface area contributed by atoms with Gasteiger partial charge in [0.05, 0.1) is 0 Å². The number of halogens is 3. The summed E-state index contributed by atoms with van der Waals surface area (Å²) < 4.78 is 40.4. The molecule has 1 heterocycles. The Kier molecular flexibility index (Phi) is 4.94. The van der Waals surface area contributed by atoms with Gasteiger partial charge in [-0.3, -0.25) is 10.1 Å². The van der Waals surface area contributed by atoms with Crippen LogP contribution in [0.5, 0.6) is 0 Å². The maximum atomic E-state index is 11.9. The van der Waals surface area contributed by atoms with Gasteiger partial charge in [-0.05, 0) is 13.8 Å². The highest BCUT2D eigenvalue weighted by Crippen LogP contribution is 2.12. The second kappa shape index (κ2) is 6.26. The molecule has 0 fully saturated rings. The number of anilines is 1. The zero-order valence-corrected chi connectivity index (χ0v) is 10.7. The number of aryl methyl sites for hydroxylation is 1. The molecule has 0 aliphatic carbocycles. The summed E-state index contributed by atoms with van der Waals surface area (Å²) in [4.78, 5) is 22.7. The molecule has 0 saturated heterocycles. The van der Waals surface area contributed by atoms with Crippen molar-refractivity contribution in [1.82, 2.24) is 15.8 Å². The first-order chi connectivity index (χ1) is 9.17. The standard InChI is InChI=1S/C10H13F3N4O3/c1-5-3-7(17-20-5)16-9(19)15-6(2)8(18)14-4-10(11,12)13/h3,6H,4H2,1-2H3,(H,14,18)(H2,15,16,17,19)/t6-/m1/s1. The number of nitrogens with one attached hydrogen (secondary N) is 3. The highest BCUT2D eigenvalue weighted by Gasteiger charge is 2.29. The Morgan fingerprint density at radius 2 is 2.10 bits per heavy atom. The van der Waals surface area contributed by atoms with Gasteiger partial charge in [0.1, 0.15) is 18.3 Å². The minimum atomic E-state index is -4.50. The predicted molar refractivity (Wildman–Crippen MR) is 61.9 cm³/mol. The molecule has 0 aromatic carbocycles. The van der Waals surface area contributed by atoms with Gasteiger partial charge in [0.2, 0.25) is 5.91 Å². The first-order valence-electron chi connectivity index (χ1n) is 5.52. The fourth-order valence-electron chi connectivity index (χ4n) is 1.18. The molecule has 0 saturated carbocycles. The van der Waals surface area contributed by atoms with E-state index >= 15 is 0 Å². The number of alkyl halides is 3. The van der Waals surface area contributed by atoms with Crippen molar-refractivity contribution in [2.45, 2.75) is 26.1 Å². The number of carbonyl (C=O) groups is 2. The lowest BCUT2D eigenvalue weighted by atomic mass is 10.3. The number of aromatic nitrogens is 1. The molecular weight excluding hydrogens is 281 g/mol. The summed E-state index contributed by atoms with van der Waals surface area (Å²) in [5.41, 5.74) is 0. The van der Waals surface area contributed by atoms with Gasteiger partial charge in [-0.1, -0.05) is 5.16 Å². The molecule has 1 atom stereocenters. The van der Waals surface area contributed by atoms with E-state index in [1.165, 1.54) is 13.0 Å². The third-order valence-electron chi connectivity index (χ3n) is 2.07. The van der Waals surface area contributed by atoms with E-state index in [0.717, 1.165) is 0 Å². The van der Waals surface area contributed by atoms with Crippen LogP contribution in [0.3, 0.4) is 0 Å². The number of rotatable bonds is 4. The summed E-state index contributed by atoms with van der Waals surface area (Å²) >= 11 is 0. The van der Waals surface area contributed by atoms with Gasteiger partial charge in [-0.15, -0.1) is 0 Å². The first kappa shape index (κ1) is 15.8. The van der Waals surface area contributed by atoms with Gasteiger partial charge in [0, 0.05) is 6.07 Å². The summed E-state index contributed by atoms with van der Waals surface area (Å²) in [5, 5.41) is 9.56. The molecule has 0 aliphatic rings. The second-order valence-electron chi connectivity index (χ2n) is 3.98. The normalized spacial score (nSPS) is 12.7. The van der Waals surface area contributed by atoms with Crippen molar-refractivity contribution in [2.24, 2.45) is 0 Å². The molecule has 1 aromatic rings. The number of amides is 3. The lowest BCUT2D eigenvalue weighted by Gasteiger charge is -2.14. The number of carbonyl (C=O) groups excluding carboxylic acids is 2. The van der Waals surface area contributed by atoms with E-state index in [2.05, 4.69) is 15.8 Å². The van der Waals surface area contributed by atoms with Crippen LogP contribution in [0.15, 0.2) is 10.6 Å². The SMILES string of the molecule is Cc1cc(NC(=O)N[C@H](C)C(=O)NCC(F)(F)F)no1. The summed E-state index contributed by atoms with van der Waals surface area (Å²) in [6.45, 7) is 1.41. The molecule has 0 aliphatic heterocycles. The minimum absolute atomic E-state index is 0.128. The molecule has 112 valence electrons. The third-order valence-corrected chi connectivity index (χ3v) is 2.07. The zero-order chi connectivity index (χ0) is 15.3. The van der Waals surface area contributed by atoms with Gasteiger partial charge < -0.3 is 15.2 Å². The highest BCUT2D eigenvalue weighted by atomic mass is 19.4. The molecule has 10 heteroatoms. The molecule has 20 heavy (non-hydrogen) atoms. The monoisotopic (exact) mass is 294 g/mol. The summed E-state index contributed by atoms with van der Waals surface area (Å²) in [5.74, 6) is -0.354. The third kappa shape index (κ3) is 5.59. The van der Waals surface area contributed by atoms with Crippen LogP contribution in [0.25, 0.3) is 0 Å². The van der Waals surface area contributed by atoms with Crippen LogP contribution in [-0.2, 0) is 4.79 Å². The fraction of sp³-hybridized carbons (Fsp3) is 0.500. The van der Waals surface area contributed by atoms with Gasteiger partial charge in [-0.2, -0.15) is 13.2 Å². The predicted octanol–water partition coefficient (Wildman–Crippen LogP) is 1.17. The molecule has 1 aromatic heterocycles. The Balaban J connectivity index is 2.39. The molecule has 0 bridgehead atoms. The molecule has 0 spiro atoms. The van der Waals surface area contributed by atoms with Crippen molar-refractivity contribution in [3.8, 4) is 0 Å². The maximum Gasteiger partial charge on any atom is 0.405 e. The fourth-order valence-corrected chi connectivity index (χ4v) is 1.18. The zero-order valence-electron chi connectivity index (χ0n) is 10.7. The number of hydrogen-bond donors (Lipinski definition) is 3. The lowest BCUT2D eigenvalue weighted by molar-refractivity contribution is -0.139. The van der Waals surface area contributed by atoms with Gasteiger partial charge >= 0.3 is 12.2 Å². The Hall–Kier alpha value is -2.26. The summed E-state index contributed by atoms with van der Waals surface area (Å²) in [6.07, 6.45) is -4.50. The lowest BCUT2D eigenvalue weighted by Crippen LogP contribution is -2.48. The van der Waals surface area contributed by atoms with E-state index in [-0.39, 0.29) is 5.82 Å². The Morgan fingerprint density at radius 1 is 1.45 bits per heavy atom. The summed E-state index contributed by atoms with van der Waals surface area (Å²) in [6, 6.07) is -0.480. The number of hydrogen-bond acceptors (Lipinski definition) is 4. The maximum absolute atomic E-state index is 11.9. The Morgan fingerprint density at radius 3 is 2.60 bits per heavy atom. The molecule has 0 unspecified atom stereocenters. The molecule has 3 N–H and O–H groups in total. The van der Waals surface area contributed by atoms with Crippen molar-refractivity contribution >= 4 is 17.8 Å². The molecule has 3 amide bonds. The largest absolute Gasteiger partial charge is 0.405 e. The topological polar surface area (TPSA) is 96.3 Å². The van der Waals surface area contributed by atoms with E-state index in [1.807, 2.05) is 0 Å². The van der Waals surface area contributed by atoms with Crippen molar-refractivity contribution in [1.29, 1.82) is 0 Å². The smallest absolute Gasteiger partial charge is 0.360 e. The highest BCUT2D eigenvalue weighted by molar-refractivity contribution is 5.92. The van der Waals surface area contributed by atoms with Crippen molar-refractivity contribution in [3.05, 3.63) is 11.8 Å². The van der Waals surface area contributed by atoms with Gasteiger partial charge in [0.15, 0.2) is 5.82 Å². The summed E-state index contributed by atoms with van der Waals surface area (Å²) in [7, 11) is 0. The molecular formula is C10H13F3N4O3. The average molecular weight is 294 g/mol. The van der Waals surface area contributed by atoms with Crippen LogP contribution in [-0.4, -0.2) is 35.9 Å². The van der Waals surface area contributed by atoms with Crippen molar-refractivity contribution in [3.63, 3.8) is 0 Å². The van der Waals surface area contributed by atoms with Crippen LogP contribution in [0.4, 0.5) is 23.8 Å².